The molecule has 7 nitrogen and oxygen atoms in total. The zero-order chi connectivity index (χ0) is 21.7. The maximum Gasteiger partial charge on any atom is 0.136 e. The summed E-state index contributed by atoms with van der Waals surface area (Å²) < 4.78 is 0. The fraction of sp³-hybridized carbons (Fsp3) is 0.320. The SMILES string of the molecule is Cc1nccc(N2CCCc3nc(C4(c5nc6ccc(C#N)cc6[nH]5)CCC4)ccc32)n1. The number of hydrogen-bond acceptors (Lipinski definition) is 6. The molecule has 0 radical (unpaired) electrons. The second-order valence-electron chi connectivity index (χ2n) is 8.74. The van der Waals surface area contributed by atoms with Gasteiger partial charge in [0.25, 0.3) is 0 Å². The number of pyridine rings is 1. The van der Waals surface area contributed by atoms with Crippen molar-refractivity contribution in [1.29, 1.82) is 5.26 Å². The molecule has 2 aliphatic rings. The van der Waals surface area contributed by atoms with E-state index in [1.165, 1.54) is 0 Å². The molecule has 0 saturated heterocycles. The monoisotopic (exact) mass is 421 g/mol. The summed E-state index contributed by atoms with van der Waals surface area (Å²) in [6.07, 6.45) is 7.03. The predicted molar refractivity (Wildman–Crippen MR) is 122 cm³/mol. The molecule has 1 fully saturated rings. The summed E-state index contributed by atoms with van der Waals surface area (Å²) in [6.45, 7) is 2.85. The summed E-state index contributed by atoms with van der Waals surface area (Å²) in [6, 6.07) is 14.2. The highest BCUT2D eigenvalue weighted by molar-refractivity contribution is 5.77. The second-order valence-corrected chi connectivity index (χ2v) is 8.74. The van der Waals surface area contributed by atoms with Crippen LogP contribution in [0.5, 0.6) is 0 Å². The van der Waals surface area contributed by atoms with Crippen molar-refractivity contribution in [2.45, 2.75) is 44.4 Å². The number of hydrogen-bond donors (Lipinski definition) is 1. The van der Waals surface area contributed by atoms with Crippen LogP contribution in [0.15, 0.2) is 42.6 Å². The summed E-state index contributed by atoms with van der Waals surface area (Å²) in [5, 5.41) is 9.22. The van der Waals surface area contributed by atoms with Gasteiger partial charge < -0.3 is 9.88 Å². The molecule has 1 saturated carbocycles. The predicted octanol–water partition coefficient (Wildman–Crippen LogP) is 4.48. The first-order chi connectivity index (χ1) is 15.7. The third kappa shape index (κ3) is 2.87. The normalized spacial score (nSPS) is 16.9. The summed E-state index contributed by atoms with van der Waals surface area (Å²) in [5.74, 6) is 2.66. The molecule has 0 amide bonds. The molecule has 4 aromatic rings. The lowest BCUT2D eigenvalue weighted by Crippen LogP contribution is -2.38. The minimum Gasteiger partial charge on any atom is -0.341 e. The Balaban J connectivity index is 1.41. The van der Waals surface area contributed by atoms with Crippen molar-refractivity contribution in [3.8, 4) is 6.07 Å². The van der Waals surface area contributed by atoms with E-state index in [0.29, 0.717) is 5.56 Å². The van der Waals surface area contributed by atoms with E-state index in [0.717, 1.165) is 84.2 Å². The number of rotatable bonds is 3. The Labute approximate surface area is 186 Å². The maximum absolute atomic E-state index is 9.22. The van der Waals surface area contributed by atoms with Crippen LogP contribution >= 0.6 is 0 Å². The summed E-state index contributed by atoms with van der Waals surface area (Å²) in [7, 11) is 0. The van der Waals surface area contributed by atoms with Crippen LogP contribution in [0.3, 0.4) is 0 Å². The van der Waals surface area contributed by atoms with Gasteiger partial charge >= 0.3 is 0 Å². The summed E-state index contributed by atoms with van der Waals surface area (Å²) in [5.41, 5.74) is 5.61. The molecule has 0 bridgehead atoms. The van der Waals surface area contributed by atoms with E-state index in [1.807, 2.05) is 37.4 Å². The van der Waals surface area contributed by atoms with Gasteiger partial charge in [-0.3, -0.25) is 4.98 Å². The Kier molecular flexibility index (Phi) is 4.22. The lowest BCUT2D eigenvalue weighted by molar-refractivity contribution is 0.279. The van der Waals surface area contributed by atoms with Crippen LogP contribution in [0.4, 0.5) is 11.5 Å². The number of aromatic amines is 1. The van der Waals surface area contributed by atoms with Crippen molar-refractivity contribution >= 4 is 22.5 Å². The quantitative estimate of drug-likeness (QED) is 0.524. The van der Waals surface area contributed by atoms with E-state index in [9.17, 15) is 5.26 Å². The first kappa shape index (κ1) is 18.9. The van der Waals surface area contributed by atoms with Crippen molar-refractivity contribution in [3.63, 3.8) is 0 Å². The van der Waals surface area contributed by atoms with Gasteiger partial charge in [-0.15, -0.1) is 0 Å². The van der Waals surface area contributed by atoms with Crippen LogP contribution in [0.25, 0.3) is 11.0 Å². The lowest BCUT2D eigenvalue weighted by atomic mass is 9.65. The molecule has 3 aromatic heterocycles. The third-order valence-corrected chi connectivity index (χ3v) is 6.84. The molecule has 6 rings (SSSR count). The smallest absolute Gasteiger partial charge is 0.136 e. The first-order valence-electron chi connectivity index (χ1n) is 11.1. The number of aromatic nitrogens is 5. The Morgan fingerprint density at radius 1 is 1.06 bits per heavy atom. The maximum atomic E-state index is 9.22. The van der Waals surface area contributed by atoms with E-state index in [1.54, 1.807) is 0 Å². The average Bonchev–Trinajstić information content (AvgIpc) is 3.21. The lowest BCUT2D eigenvalue weighted by Gasteiger charge is -2.40. The van der Waals surface area contributed by atoms with E-state index in [4.69, 9.17) is 9.97 Å². The minimum absolute atomic E-state index is 0.186. The molecular weight excluding hydrogens is 398 g/mol. The largest absolute Gasteiger partial charge is 0.341 e. The number of nitrogens with one attached hydrogen (secondary N) is 1. The molecule has 1 aromatic carbocycles. The van der Waals surface area contributed by atoms with Gasteiger partial charge in [0.05, 0.1) is 45.2 Å². The number of fused-ring (bicyclic) bond motifs is 2. The van der Waals surface area contributed by atoms with Crippen LogP contribution in [-0.2, 0) is 11.8 Å². The van der Waals surface area contributed by atoms with Crippen molar-refractivity contribution in [3.05, 3.63) is 71.2 Å². The van der Waals surface area contributed by atoms with Crippen LogP contribution in [0.1, 0.15) is 54.3 Å². The number of H-pyrrole nitrogens is 1. The van der Waals surface area contributed by atoms with Gasteiger partial charge in [0.15, 0.2) is 0 Å². The number of benzene rings is 1. The van der Waals surface area contributed by atoms with Gasteiger partial charge in [-0.2, -0.15) is 5.26 Å². The molecule has 158 valence electrons. The van der Waals surface area contributed by atoms with Crippen LogP contribution in [0.2, 0.25) is 0 Å². The Hall–Kier alpha value is -3.79. The van der Waals surface area contributed by atoms with E-state index < -0.39 is 0 Å². The van der Waals surface area contributed by atoms with Gasteiger partial charge in [-0.1, -0.05) is 6.42 Å². The third-order valence-electron chi connectivity index (χ3n) is 6.84. The van der Waals surface area contributed by atoms with Gasteiger partial charge in [0.1, 0.15) is 17.5 Å². The topological polar surface area (TPSA) is 94.4 Å². The average molecular weight is 422 g/mol. The van der Waals surface area contributed by atoms with Crippen LogP contribution in [0, 0.1) is 18.3 Å². The van der Waals surface area contributed by atoms with Crippen LogP contribution < -0.4 is 4.90 Å². The van der Waals surface area contributed by atoms with Crippen molar-refractivity contribution in [2.75, 3.05) is 11.4 Å². The van der Waals surface area contributed by atoms with Gasteiger partial charge in [0.2, 0.25) is 0 Å². The summed E-state index contributed by atoms with van der Waals surface area (Å²) >= 11 is 0. The Morgan fingerprint density at radius 3 is 2.75 bits per heavy atom. The standard InChI is InChI=1S/C25H23N7/c1-16-27-12-9-23(28-16)32-13-2-4-19-21(32)7-8-22(29-19)25(10-3-11-25)24-30-18-6-5-17(15-26)14-20(18)31-24/h5-9,12,14H,2-4,10-11,13H2,1H3,(H,30,31). The highest BCUT2D eigenvalue weighted by Gasteiger charge is 2.45. The highest BCUT2D eigenvalue weighted by Crippen LogP contribution is 2.48. The number of aryl methyl sites for hydroxylation is 2. The number of anilines is 2. The number of nitriles is 1. The fourth-order valence-electron chi connectivity index (χ4n) is 5.00. The Morgan fingerprint density at radius 2 is 1.97 bits per heavy atom. The minimum atomic E-state index is -0.186. The molecule has 7 heteroatoms. The fourth-order valence-corrected chi connectivity index (χ4v) is 5.00. The molecule has 0 unspecified atom stereocenters. The van der Waals surface area contributed by atoms with Gasteiger partial charge in [0, 0.05) is 12.7 Å². The zero-order valence-corrected chi connectivity index (χ0v) is 18.0. The van der Waals surface area contributed by atoms with E-state index >= 15 is 0 Å². The number of imidazole rings is 1. The van der Waals surface area contributed by atoms with Crippen LogP contribution in [-0.4, -0.2) is 31.5 Å². The second kappa shape index (κ2) is 7.13. The van der Waals surface area contributed by atoms with E-state index in [-0.39, 0.29) is 5.41 Å². The van der Waals surface area contributed by atoms with E-state index in [2.05, 4.69) is 38.1 Å². The molecule has 4 heterocycles. The molecule has 1 aliphatic heterocycles. The molecule has 1 aliphatic carbocycles. The molecule has 1 N–H and O–H groups in total. The molecule has 0 spiro atoms. The van der Waals surface area contributed by atoms with Gasteiger partial charge in [-0.25, -0.2) is 15.0 Å². The summed E-state index contributed by atoms with van der Waals surface area (Å²) in [4.78, 5) is 24.7. The highest BCUT2D eigenvalue weighted by atomic mass is 15.2. The molecule has 0 atom stereocenters. The first-order valence-corrected chi connectivity index (χ1v) is 11.1. The molecular formula is C25H23N7. The molecule has 32 heavy (non-hydrogen) atoms. The van der Waals surface area contributed by atoms with Crippen molar-refractivity contribution in [1.82, 2.24) is 24.9 Å². The Bertz CT molecular complexity index is 1380. The van der Waals surface area contributed by atoms with Crippen molar-refractivity contribution in [2.24, 2.45) is 0 Å². The number of nitrogens with zero attached hydrogens (tertiary/aromatic N) is 6. The van der Waals surface area contributed by atoms with Crippen molar-refractivity contribution < 1.29 is 0 Å². The zero-order valence-electron chi connectivity index (χ0n) is 18.0. The van der Waals surface area contributed by atoms with Gasteiger partial charge in [-0.05, 0) is 69.0 Å².